The van der Waals surface area contributed by atoms with Gasteiger partial charge in [0.25, 0.3) is 10.9 Å². The van der Waals surface area contributed by atoms with E-state index in [0.29, 0.717) is 16.7 Å². The van der Waals surface area contributed by atoms with Gasteiger partial charge in [0.2, 0.25) is 11.8 Å². The van der Waals surface area contributed by atoms with Gasteiger partial charge in [0, 0.05) is 30.8 Å². The van der Waals surface area contributed by atoms with Crippen molar-refractivity contribution in [3.05, 3.63) is 34.4 Å². The summed E-state index contributed by atoms with van der Waals surface area (Å²) in [5.41, 5.74) is 0.598. The summed E-state index contributed by atoms with van der Waals surface area (Å²) in [6.07, 6.45) is 2.09. The van der Waals surface area contributed by atoms with E-state index in [2.05, 4.69) is 17.1 Å². The Morgan fingerprint density at radius 1 is 1.32 bits per heavy atom. The second-order valence-corrected chi connectivity index (χ2v) is 6.96. The minimum atomic E-state index is -0.466. The van der Waals surface area contributed by atoms with Crippen LogP contribution in [0.2, 0.25) is 0 Å². The third-order valence-electron chi connectivity index (χ3n) is 4.19. The quantitative estimate of drug-likeness (QED) is 0.457. The molecule has 0 atom stereocenters. The second kappa shape index (κ2) is 7.64. The smallest absolute Gasteiger partial charge is 0.277 e. The topological polar surface area (TPSA) is 102 Å². The van der Waals surface area contributed by atoms with Gasteiger partial charge in [-0.25, -0.2) is 0 Å². The van der Waals surface area contributed by atoms with Crippen molar-refractivity contribution < 1.29 is 14.1 Å². The average molecular weight is 362 g/mol. The van der Waals surface area contributed by atoms with Gasteiger partial charge < -0.3 is 9.32 Å². The third kappa shape index (κ3) is 4.36. The molecular weight excluding hydrogens is 344 g/mol. The summed E-state index contributed by atoms with van der Waals surface area (Å²) in [7, 11) is 0. The van der Waals surface area contributed by atoms with E-state index in [1.165, 1.54) is 23.9 Å². The lowest BCUT2D eigenvalue weighted by Crippen LogP contribution is -2.38. The standard InChI is InChI=1S/C16H18N4O4S/c1-11-6-8-19(9-7-11)14(21)10-25-16-18-17-15(24-16)12-2-4-13(5-3-12)20(22)23/h2-5,11H,6-10H2,1H3. The van der Waals surface area contributed by atoms with Crippen LogP contribution >= 0.6 is 11.8 Å². The van der Waals surface area contributed by atoms with Crippen LogP contribution in [0.4, 0.5) is 5.69 Å². The summed E-state index contributed by atoms with van der Waals surface area (Å²) >= 11 is 1.21. The number of nitrogens with zero attached hydrogens (tertiary/aromatic N) is 4. The van der Waals surface area contributed by atoms with Gasteiger partial charge in [-0.1, -0.05) is 18.7 Å². The molecule has 0 N–H and O–H groups in total. The van der Waals surface area contributed by atoms with E-state index in [-0.39, 0.29) is 23.2 Å². The lowest BCUT2D eigenvalue weighted by atomic mass is 9.99. The Kier molecular flexibility index (Phi) is 5.32. The van der Waals surface area contributed by atoms with Crippen LogP contribution in [0.5, 0.6) is 0 Å². The molecule has 1 aliphatic heterocycles. The molecule has 2 heterocycles. The predicted molar refractivity (Wildman–Crippen MR) is 92.1 cm³/mol. The zero-order valence-electron chi connectivity index (χ0n) is 13.8. The number of carbonyl (C=O) groups is 1. The summed E-state index contributed by atoms with van der Waals surface area (Å²) in [6.45, 7) is 3.81. The molecule has 0 bridgehead atoms. The summed E-state index contributed by atoms with van der Waals surface area (Å²) in [6, 6.07) is 5.88. The predicted octanol–water partition coefficient (Wildman–Crippen LogP) is 3.00. The van der Waals surface area contributed by atoms with Crippen LogP contribution in [0.25, 0.3) is 11.5 Å². The Morgan fingerprint density at radius 3 is 2.64 bits per heavy atom. The molecule has 1 aliphatic rings. The highest BCUT2D eigenvalue weighted by Crippen LogP contribution is 2.25. The van der Waals surface area contributed by atoms with E-state index in [0.717, 1.165) is 25.9 Å². The van der Waals surface area contributed by atoms with Gasteiger partial charge in [0.15, 0.2) is 0 Å². The van der Waals surface area contributed by atoms with Crippen molar-refractivity contribution in [3.63, 3.8) is 0 Å². The van der Waals surface area contributed by atoms with Crippen molar-refractivity contribution in [1.82, 2.24) is 15.1 Å². The maximum atomic E-state index is 12.2. The van der Waals surface area contributed by atoms with E-state index in [1.807, 2.05) is 4.90 Å². The van der Waals surface area contributed by atoms with Gasteiger partial charge in [-0.2, -0.15) is 0 Å². The van der Waals surface area contributed by atoms with Crippen LogP contribution in [0.3, 0.4) is 0 Å². The molecule has 0 radical (unpaired) electrons. The Bertz CT molecular complexity index is 754. The maximum Gasteiger partial charge on any atom is 0.277 e. The molecule has 8 nitrogen and oxygen atoms in total. The van der Waals surface area contributed by atoms with Crippen LogP contribution in [-0.2, 0) is 4.79 Å². The first kappa shape index (κ1) is 17.4. The van der Waals surface area contributed by atoms with E-state index in [1.54, 1.807) is 12.1 Å². The molecule has 0 saturated carbocycles. The molecule has 25 heavy (non-hydrogen) atoms. The summed E-state index contributed by atoms with van der Waals surface area (Å²) in [5, 5.41) is 18.8. The van der Waals surface area contributed by atoms with Crippen molar-refractivity contribution in [2.45, 2.75) is 25.0 Å². The Hall–Kier alpha value is -2.42. The lowest BCUT2D eigenvalue weighted by Gasteiger charge is -2.30. The highest BCUT2D eigenvalue weighted by atomic mass is 32.2. The number of amides is 1. The van der Waals surface area contributed by atoms with Crippen LogP contribution in [0.15, 0.2) is 33.9 Å². The lowest BCUT2D eigenvalue weighted by molar-refractivity contribution is -0.384. The van der Waals surface area contributed by atoms with Crippen LogP contribution in [-0.4, -0.2) is 44.8 Å². The first-order chi connectivity index (χ1) is 12.0. The fraction of sp³-hybridized carbons (Fsp3) is 0.438. The number of non-ortho nitro benzene ring substituents is 1. The highest BCUT2D eigenvalue weighted by molar-refractivity contribution is 7.99. The number of piperidine rings is 1. The fourth-order valence-electron chi connectivity index (χ4n) is 2.58. The molecule has 1 amide bonds. The van der Waals surface area contributed by atoms with Gasteiger partial charge >= 0.3 is 0 Å². The van der Waals surface area contributed by atoms with Crippen molar-refractivity contribution in [2.75, 3.05) is 18.8 Å². The number of rotatable bonds is 5. The summed E-state index contributed by atoms with van der Waals surface area (Å²) < 4.78 is 5.52. The van der Waals surface area contributed by atoms with Gasteiger partial charge in [-0.3, -0.25) is 14.9 Å². The zero-order valence-corrected chi connectivity index (χ0v) is 14.6. The number of benzene rings is 1. The number of hydrogen-bond acceptors (Lipinski definition) is 7. The Labute approximate surface area is 148 Å². The molecule has 0 spiro atoms. The summed E-state index contributed by atoms with van der Waals surface area (Å²) in [5.74, 6) is 1.29. The molecule has 1 aromatic heterocycles. The largest absolute Gasteiger partial charge is 0.411 e. The highest BCUT2D eigenvalue weighted by Gasteiger charge is 2.21. The number of nitro groups is 1. The third-order valence-corrected chi connectivity index (χ3v) is 4.99. The molecule has 0 aliphatic carbocycles. The fourth-order valence-corrected chi connectivity index (χ4v) is 3.25. The number of nitro benzene ring substituents is 1. The number of carbonyl (C=O) groups excluding carboxylic acids is 1. The van der Waals surface area contributed by atoms with Gasteiger partial charge in [0.05, 0.1) is 10.7 Å². The average Bonchev–Trinajstić information content (AvgIpc) is 3.09. The van der Waals surface area contributed by atoms with Gasteiger partial charge in [0.1, 0.15) is 0 Å². The van der Waals surface area contributed by atoms with Gasteiger partial charge in [-0.15, -0.1) is 10.2 Å². The second-order valence-electron chi connectivity index (χ2n) is 6.03. The van der Waals surface area contributed by atoms with E-state index in [9.17, 15) is 14.9 Å². The normalized spacial score (nSPS) is 15.3. The first-order valence-corrected chi connectivity index (χ1v) is 9.00. The Morgan fingerprint density at radius 2 is 2.00 bits per heavy atom. The summed E-state index contributed by atoms with van der Waals surface area (Å²) in [4.78, 5) is 24.3. The number of thioether (sulfide) groups is 1. The van der Waals surface area contributed by atoms with Crippen LogP contribution in [0.1, 0.15) is 19.8 Å². The SMILES string of the molecule is CC1CCN(C(=O)CSc2nnc(-c3ccc([N+](=O)[O-])cc3)o2)CC1. The molecule has 1 saturated heterocycles. The molecule has 1 aromatic carbocycles. The number of hydrogen-bond donors (Lipinski definition) is 0. The van der Waals surface area contributed by atoms with E-state index < -0.39 is 4.92 Å². The minimum absolute atomic E-state index is 0.000639. The Balaban J connectivity index is 1.56. The van der Waals surface area contributed by atoms with Crippen LogP contribution < -0.4 is 0 Å². The number of likely N-dealkylation sites (tertiary alicyclic amines) is 1. The molecule has 0 unspecified atom stereocenters. The van der Waals surface area contributed by atoms with E-state index >= 15 is 0 Å². The first-order valence-electron chi connectivity index (χ1n) is 8.02. The van der Waals surface area contributed by atoms with Crippen molar-refractivity contribution in [1.29, 1.82) is 0 Å². The van der Waals surface area contributed by atoms with Crippen molar-refractivity contribution in [2.24, 2.45) is 5.92 Å². The number of aromatic nitrogens is 2. The molecule has 132 valence electrons. The molecule has 3 rings (SSSR count). The molecule has 9 heteroatoms. The molecular formula is C16H18N4O4S. The minimum Gasteiger partial charge on any atom is -0.411 e. The van der Waals surface area contributed by atoms with Gasteiger partial charge in [-0.05, 0) is 30.9 Å². The zero-order chi connectivity index (χ0) is 17.8. The van der Waals surface area contributed by atoms with E-state index in [4.69, 9.17) is 4.42 Å². The van der Waals surface area contributed by atoms with Crippen molar-refractivity contribution >= 4 is 23.4 Å². The maximum absolute atomic E-state index is 12.2. The molecule has 2 aromatic rings. The van der Waals surface area contributed by atoms with Crippen LogP contribution in [0, 0.1) is 16.0 Å². The van der Waals surface area contributed by atoms with Crippen molar-refractivity contribution in [3.8, 4) is 11.5 Å². The monoisotopic (exact) mass is 362 g/mol. The molecule has 1 fully saturated rings.